The van der Waals surface area contributed by atoms with Gasteiger partial charge < -0.3 is 14.5 Å². The maximum Gasteiger partial charge on any atom is 0.257 e. The highest BCUT2D eigenvalue weighted by molar-refractivity contribution is 8.14. The largest absolute Gasteiger partial charge is 0.487 e. The number of carbonyl (C=O) groups is 1. The molecule has 3 aromatic rings. The molecule has 0 saturated carbocycles. The fraction of sp³-hybridized carbons (Fsp3) is 0.167. The number of fused-ring (bicyclic) bond motifs is 1. The minimum absolute atomic E-state index is 0.153. The molecule has 7 heteroatoms. The van der Waals surface area contributed by atoms with E-state index in [0.29, 0.717) is 23.1 Å². The van der Waals surface area contributed by atoms with E-state index in [1.54, 1.807) is 36.0 Å². The van der Waals surface area contributed by atoms with Gasteiger partial charge in [0.1, 0.15) is 18.0 Å². The second kappa shape index (κ2) is 6.98. The Bertz CT molecular complexity index is 901. The molecule has 0 aliphatic carbocycles. The van der Waals surface area contributed by atoms with Crippen LogP contribution in [-0.2, 0) is 6.61 Å². The van der Waals surface area contributed by atoms with E-state index in [-0.39, 0.29) is 5.91 Å². The van der Waals surface area contributed by atoms with Crippen LogP contribution in [0.3, 0.4) is 0 Å². The van der Waals surface area contributed by atoms with E-state index >= 15 is 0 Å². The molecule has 0 unspecified atom stereocenters. The zero-order valence-corrected chi connectivity index (χ0v) is 14.2. The van der Waals surface area contributed by atoms with Gasteiger partial charge in [-0.05, 0) is 36.4 Å². The molecule has 1 amide bonds. The number of amides is 1. The van der Waals surface area contributed by atoms with Crippen molar-refractivity contribution in [2.45, 2.75) is 6.61 Å². The van der Waals surface area contributed by atoms with Crippen LogP contribution >= 0.6 is 11.8 Å². The van der Waals surface area contributed by atoms with Crippen molar-refractivity contribution in [1.82, 2.24) is 14.7 Å². The van der Waals surface area contributed by atoms with Crippen molar-refractivity contribution in [3.8, 4) is 5.75 Å². The SMILES string of the molecule is O=C(NC1=NCCS1)c1ccc(OCc2cn3ccccc3n2)cc1. The topological polar surface area (TPSA) is 68.0 Å². The predicted octanol–water partition coefficient (Wildman–Crippen LogP) is 2.75. The third-order valence-electron chi connectivity index (χ3n) is 3.72. The molecule has 126 valence electrons. The van der Waals surface area contributed by atoms with E-state index in [2.05, 4.69) is 15.3 Å². The summed E-state index contributed by atoms with van der Waals surface area (Å²) >= 11 is 1.56. The number of imidazole rings is 1. The van der Waals surface area contributed by atoms with E-state index in [4.69, 9.17) is 4.74 Å². The van der Waals surface area contributed by atoms with Gasteiger partial charge in [0.15, 0.2) is 5.17 Å². The van der Waals surface area contributed by atoms with Gasteiger partial charge in [0.25, 0.3) is 5.91 Å². The Hall–Kier alpha value is -2.80. The van der Waals surface area contributed by atoms with Crippen molar-refractivity contribution in [3.63, 3.8) is 0 Å². The van der Waals surface area contributed by atoms with Crippen LogP contribution in [0.4, 0.5) is 0 Å². The summed E-state index contributed by atoms with van der Waals surface area (Å²) < 4.78 is 7.71. The maximum atomic E-state index is 12.1. The van der Waals surface area contributed by atoms with E-state index in [1.807, 2.05) is 35.0 Å². The number of hydrogen-bond donors (Lipinski definition) is 1. The van der Waals surface area contributed by atoms with Crippen LogP contribution < -0.4 is 10.1 Å². The Balaban J connectivity index is 1.37. The van der Waals surface area contributed by atoms with Gasteiger partial charge in [-0.3, -0.25) is 9.79 Å². The number of amidine groups is 1. The highest BCUT2D eigenvalue weighted by Gasteiger charge is 2.12. The summed E-state index contributed by atoms with van der Waals surface area (Å²) in [4.78, 5) is 20.8. The van der Waals surface area contributed by atoms with Gasteiger partial charge in [-0.25, -0.2) is 4.98 Å². The highest BCUT2D eigenvalue weighted by atomic mass is 32.2. The summed E-state index contributed by atoms with van der Waals surface area (Å²) in [6.45, 7) is 1.14. The zero-order chi connectivity index (χ0) is 17.1. The number of aromatic nitrogens is 2. The van der Waals surface area contributed by atoms with Crippen LogP contribution in [0.1, 0.15) is 16.1 Å². The maximum absolute atomic E-state index is 12.1. The summed E-state index contributed by atoms with van der Waals surface area (Å²) in [6.07, 6.45) is 3.89. The Morgan fingerprint density at radius 2 is 2.12 bits per heavy atom. The standard InChI is InChI=1S/C18H16N4O2S/c23-17(21-18-19-8-10-25-18)13-4-6-15(7-5-13)24-12-14-11-22-9-2-1-3-16(22)20-14/h1-7,9,11H,8,10,12H2,(H,19,21,23). The molecular weight excluding hydrogens is 336 g/mol. The Morgan fingerprint density at radius 3 is 2.88 bits per heavy atom. The molecule has 1 N–H and O–H groups in total. The van der Waals surface area contributed by atoms with Crippen molar-refractivity contribution in [2.24, 2.45) is 4.99 Å². The first-order valence-corrected chi connectivity index (χ1v) is 8.90. The third-order valence-corrected chi connectivity index (χ3v) is 4.61. The summed E-state index contributed by atoms with van der Waals surface area (Å²) in [7, 11) is 0. The molecule has 0 saturated heterocycles. The average molecular weight is 352 g/mol. The van der Waals surface area contributed by atoms with Crippen molar-refractivity contribution >= 4 is 28.5 Å². The number of nitrogens with zero attached hydrogens (tertiary/aromatic N) is 3. The lowest BCUT2D eigenvalue weighted by atomic mass is 10.2. The van der Waals surface area contributed by atoms with Gasteiger partial charge in [0.2, 0.25) is 0 Å². The Kier molecular flexibility index (Phi) is 4.39. The molecule has 0 atom stereocenters. The first-order chi connectivity index (χ1) is 12.3. The number of carbonyl (C=O) groups excluding carboxylic acids is 1. The first-order valence-electron chi connectivity index (χ1n) is 7.92. The second-order valence-corrected chi connectivity index (χ2v) is 6.58. The number of thioether (sulfide) groups is 1. The molecule has 1 aliphatic heterocycles. The summed E-state index contributed by atoms with van der Waals surface area (Å²) in [5.41, 5.74) is 2.32. The smallest absolute Gasteiger partial charge is 0.257 e. The van der Waals surface area contributed by atoms with Gasteiger partial charge in [0, 0.05) is 23.7 Å². The molecule has 25 heavy (non-hydrogen) atoms. The van der Waals surface area contributed by atoms with Gasteiger partial charge in [-0.1, -0.05) is 17.8 Å². The lowest BCUT2D eigenvalue weighted by Crippen LogP contribution is -2.27. The van der Waals surface area contributed by atoms with Crippen LogP contribution in [0.25, 0.3) is 5.65 Å². The summed E-state index contributed by atoms with van der Waals surface area (Å²) in [5, 5.41) is 3.50. The fourth-order valence-corrected chi connectivity index (χ4v) is 3.22. The lowest BCUT2D eigenvalue weighted by Gasteiger charge is -2.06. The molecule has 0 spiro atoms. The van der Waals surface area contributed by atoms with Gasteiger partial charge in [-0.15, -0.1) is 0 Å². The molecule has 2 aromatic heterocycles. The molecule has 4 rings (SSSR count). The molecule has 3 heterocycles. The monoisotopic (exact) mass is 352 g/mol. The number of hydrogen-bond acceptors (Lipinski definition) is 5. The minimum Gasteiger partial charge on any atom is -0.487 e. The van der Waals surface area contributed by atoms with Crippen LogP contribution in [0.15, 0.2) is 59.9 Å². The summed E-state index contributed by atoms with van der Waals surface area (Å²) in [5.74, 6) is 1.46. The molecule has 0 bridgehead atoms. The highest BCUT2D eigenvalue weighted by Crippen LogP contribution is 2.15. The van der Waals surface area contributed by atoms with Crippen LogP contribution in [0, 0.1) is 0 Å². The Morgan fingerprint density at radius 1 is 1.24 bits per heavy atom. The van der Waals surface area contributed by atoms with E-state index in [0.717, 1.165) is 23.6 Å². The lowest BCUT2D eigenvalue weighted by molar-refractivity contribution is 0.0978. The van der Waals surface area contributed by atoms with E-state index in [1.165, 1.54) is 0 Å². The molecule has 6 nitrogen and oxygen atoms in total. The number of aliphatic imine (C=N–C) groups is 1. The molecule has 1 aliphatic rings. The number of ether oxygens (including phenoxy) is 1. The van der Waals surface area contributed by atoms with Crippen LogP contribution in [0.2, 0.25) is 0 Å². The summed E-state index contributed by atoms with van der Waals surface area (Å²) in [6, 6.07) is 12.9. The van der Waals surface area contributed by atoms with E-state index in [9.17, 15) is 4.79 Å². The third kappa shape index (κ3) is 3.66. The molecule has 1 aromatic carbocycles. The number of nitrogens with one attached hydrogen (secondary N) is 1. The van der Waals surface area contributed by atoms with Gasteiger partial charge >= 0.3 is 0 Å². The van der Waals surface area contributed by atoms with Gasteiger partial charge in [0.05, 0.1) is 12.2 Å². The van der Waals surface area contributed by atoms with Crippen molar-refractivity contribution in [1.29, 1.82) is 0 Å². The fourth-order valence-electron chi connectivity index (χ4n) is 2.50. The van der Waals surface area contributed by atoms with Crippen molar-refractivity contribution in [3.05, 3.63) is 66.1 Å². The zero-order valence-electron chi connectivity index (χ0n) is 13.4. The quantitative estimate of drug-likeness (QED) is 0.784. The number of benzene rings is 1. The number of pyridine rings is 1. The van der Waals surface area contributed by atoms with E-state index < -0.39 is 0 Å². The van der Waals surface area contributed by atoms with Crippen LogP contribution in [0.5, 0.6) is 5.75 Å². The minimum atomic E-state index is -0.153. The normalized spacial score (nSPS) is 13.7. The van der Waals surface area contributed by atoms with Crippen molar-refractivity contribution in [2.75, 3.05) is 12.3 Å². The molecule has 0 fully saturated rings. The predicted molar refractivity (Wildman–Crippen MR) is 98.2 cm³/mol. The first kappa shape index (κ1) is 15.7. The molecule has 0 radical (unpaired) electrons. The van der Waals surface area contributed by atoms with Crippen molar-refractivity contribution < 1.29 is 9.53 Å². The number of rotatable bonds is 4. The van der Waals surface area contributed by atoms with Crippen LogP contribution in [-0.4, -0.2) is 32.8 Å². The molecular formula is C18H16N4O2S. The second-order valence-electron chi connectivity index (χ2n) is 5.50. The average Bonchev–Trinajstić information content (AvgIpc) is 3.29. The van der Waals surface area contributed by atoms with Gasteiger partial charge in [-0.2, -0.15) is 0 Å². The Labute approximate surface area is 148 Å².